The van der Waals surface area contributed by atoms with E-state index in [2.05, 4.69) is 29.0 Å². The molecule has 1 aromatic heterocycles. The highest BCUT2D eigenvalue weighted by Gasteiger charge is 2.39. The van der Waals surface area contributed by atoms with E-state index in [1.807, 2.05) is 20.8 Å². The molecule has 33 heavy (non-hydrogen) atoms. The molecule has 0 radical (unpaired) electrons. The number of hydrogen-bond donors (Lipinski definition) is 2. The van der Waals surface area contributed by atoms with Crippen LogP contribution in [0.15, 0.2) is 24.4 Å². The number of rotatable bonds is 8. The molecule has 0 fully saturated rings. The summed E-state index contributed by atoms with van der Waals surface area (Å²) in [6.07, 6.45) is 4.10. The van der Waals surface area contributed by atoms with E-state index < -0.39 is 5.97 Å². The Kier molecular flexibility index (Phi) is 9.02. The maximum Gasteiger partial charge on any atom is 0.335 e. The smallest absolute Gasteiger partial charge is 0.335 e. The third-order valence-electron chi connectivity index (χ3n) is 5.72. The summed E-state index contributed by atoms with van der Waals surface area (Å²) in [5, 5.41) is 12.3. The van der Waals surface area contributed by atoms with Gasteiger partial charge >= 0.3 is 5.97 Å². The van der Waals surface area contributed by atoms with Gasteiger partial charge in [0.05, 0.1) is 24.6 Å². The van der Waals surface area contributed by atoms with E-state index in [4.69, 9.17) is 9.72 Å². The van der Waals surface area contributed by atoms with Gasteiger partial charge in [-0.05, 0) is 37.5 Å². The molecular formula is C24H35N5O4. The molecule has 9 nitrogen and oxygen atoms in total. The van der Waals surface area contributed by atoms with Crippen LogP contribution in [0.5, 0.6) is 5.75 Å². The molecule has 1 aromatic carbocycles. The van der Waals surface area contributed by atoms with Crippen LogP contribution in [0.4, 0.5) is 23.1 Å². The van der Waals surface area contributed by atoms with E-state index in [0.717, 1.165) is 12.8 Å². The van der Waals surface area contributed by atoms with Crippen LogP contribution in [0.1, 0.15) is 64.2 Å². The molecule has 1 aliphatic rings. The van der Waals surface area contributed by atoms with Crippen LogP contribution >= 0.6 is 0 Å². The van der Waals surface area contributed by atoms with Crippen molar-refractivity contribution >= 4 is 35.0 Å². The number of aromatic nitrogens is 2. The summed E-state index contributed by atoms with van der Waals surface area (Å²) < 4.78 is 5.34. The monoisotopic (exact) mass is 457 g/mol. The standard InChI is InChI=1S/C22H29N5O4.C2H6/c1-6-14(7-2)27-16(8-3)20(28)26(4)17-12-23-22(25-19(17)27)24-15-10-9-13(21(29)30)11-18(15)31-5;1-2/h9-12,14,16H,6-8H2,1-5H3,(H,29,30)(H,23,24,25);1-2H3. The minimum Gasteiger partial charge on any atom is -0.495 e. The van der Waals surface area contributed by atoms with Crippen molar-refractivity contribution in [2.45, 2.75) is 66.0 Å². The Balaban J connectivity index is 0.00000187. The average Bonchev–Trinajstić information content (AvgIpc) is 2.84. The molecular weight excluding hydrogens is 422 g/mol. The van der Waals surface area contributed by atoms with Crippen molar-refractivity contribution in [2.75, 3.05) is 29.3 Å². The summed E-state index contributed by atoms with van der Waals surface area (Å²) in [5.74, 6) is 0.429. The number of ether oxygens (including phenoxy) is 1. The molecule has 0 bridgehead atoms. The molecule has 2 heterocycles. The van der Waals surface area contributed by atoms with Crippen molar-refractivity contribution in [1.29, 1.82) is 0 Å². The number of hydrogen-bond acceptors (Lipinski definition) is 7. The molecule has 0 spiro atoms. The van der Waals surface area contributed by atoms with Gasteiger partial charge in [-0.1, -0.05) is 34.6 Å². The van der Waals surface area contributed by atoms with Crippen LogP contribution in [-0.2, 0) is 4.79 Å². The number of anilines is 4. The largest absolute Gasteiger partial charge is 0.495 e. The second-order valence-electron chi connectivity index (χ2n) is 7.45. The van der Waals surface area contributed by atoms with E-state index >= 15 is 0 Å². The molecule has 0 aliphatic carbocycles. The molecule has 1 atom stereocenters. The molecule has 1 aliphatic heterocycles. The highest BCUT2D eigenvalue weighted by Crippen LogP contribution is 2.38. The number of carboxylic acid groups (broad SMARTS) is 1. The Bertz CT molecular complexity index is 977. The number of methoxy groups -OCH3 is 1. The van der Waals surface area contributed by atoms with Crippen LogP contribution in [0.25, 0.3) is 0 Å². The fraction of sp³-hybridized carbons (Fsp3) is 0.500. The third kappa shape index (κ3) is 5.18. The first-order valence-corrected chi connectivity index (χ1v) is 11.5. The van der Waals surface area contributed by atoms with Gasteiger partial charge in [0.1, 0.15) is 17.5 Å². The van der Waals surface area contributed by atoms with Crippen molar-refractivity contribution < 1.29 is 19.4 Å². The zero-order chi connectivity index (χ0) is 24.7. The Morgan fingerprint density at radius 1 is 1.24 bits per heavy atom. The number of amides is 1. The Morgan fingerprint density at radius 2 is 1.91 bits per heavy atom. The van der Waals surface area contributed by atoms with Crippen molar-refractivity contribution in [3.63, 3.8) is 0 Å². The SMILES string of the molecule is CC.CCC(CC)N1c2nc(Nc3ccc(C(=O)O)cc3OC)ncc2N(C)C(=O)C1CC. The lowest BCUT2D eigenvalue weighted by atomic mass is 10.0. The molecule has 3 rings (SSSR count). The molecule has 180 valence electrons. The van der Waals surface area contributed by atoms with E-state index in [9.17, 15) is 14.7 Å². The summed E-state index contributed by atoms with van der Waals surface area (Å²) in [5.41, 5.74) is 1.34. The lowest BCUT2D eigenvalue weighted by molar-refractivity contribution is -0.120. The molecule has 0 saturated carbocycles. The van der Waals surface area contributed by atoms with Crippen molar-refractivity contribution in [1.82, 2.24) is 9.97 Å². The van der Waals surface area contributed by atoms with Crippen LogP contribution < -0.4 is 19.9 Å². The first kappa shape index (κ1) is 25.9. The van der Waals surface area contributed by atoms with Crippen LogP contribution in [0.3, 0.4) is 0 Å². The molecule has 1 unspecified atom stereocenters. The summed E-state index contributed by atoms with van der Waals surface area (Å²) in [6, 6.07) is 4.44. The van der Waals surface area contributed by atoms with Gasteiger partial charge in [0.15, 0.2) is 5.82 Å². The summed E-state index contributed by atoms with van der Waals surface area (Å²) in [7, 11) is 3.22. The van der Waals surface area contributed by atoms with Crippen LogP contribution in [0.2, 0.25) is 0 Å². The van der Waals surface area contributed by atoms with Gasteiger partial charge in [-0.15, -0.1) is 0 Å². The molecule has 1 amide bonds. The number of carbonyl (C=O) groups excluding carboxylic acids is 1. The maximum atomic E-state index is 13.0. The summed E-state index contributed by atoms with van der Waals surface area (Å²) >= 11 is 0. The zero-order valence-corrected chi connectivity index (χ0v) is 20.5. The Hall–Kier alpha value is -3.36. The number of carbonyl (C=O) groups is 2. The van der Waals surface area contributed by atoms with Gasteiger partial charge in [-0.2, -0.15) is 4.98 Å². The molecule has 9 heteroatoms. The van der Waals surface area contributed by atoms with E-state index in [1.165, 1.54) is 19.2 Å². The lowest BCUT2D eigenvalue weighted by Gasteiger charge is -2.44. The topological polar surface area (TPSA) is 108 Å². The highest BCUT2D eigenvalue weighted by molar-refractivity contribution is 6.04. The van der Waals surface area contributed by atoms with Gasteiger partial charge in [0.2, 0.25) is 11.9 Å². The number of carboxylic acids is 1. The predicted molar refractivity (Wildman–Crippen MR) is 131 cm³/mol. The number of fused-ring (bicyclic) bond motifs is 1. The molecule has 2 aromatic rings. The number of benzene rings is 1. The summed E-state index contributed by atoms with van der Waals surface area (Å²) in [6.45, 7) is 10.2. The number of nitrogens with zero attached hydrogens (tertiary/aromatic N) is 4. The van der Waals surface area contributed by atoms with Gasteiger partial charge in [-0.3, -0.25) is 4.79 Å². The second kappa shape index (κ2) is 11.5. The first-order chi connectivity index (χ1) is 15.9. The Morgan fingerprint density at radius 3 is 2.45 bits per heavy atom. The fourth-order valence-electron chi connectivity index (χ4n) is 3.99. The predicted octanol–water partition coefficient (Wildman–Crippen LogP) is 4.70. The number of aromatic carboxylic acids is 1. The van der Waals surface area contributed by atoms with Gasteiger partial charge < -0.3 is 25.0 Å². The quantitative estimate of drug-likeness (QED) is 0.587. The third-order valence-corrected chi connectivity index (χ3v) is 5.72. The van der Waals surface area contributed by atoms with Crippen LogP contribution in [0, 0.1) is 0 Å². The second-order valence-corrected chi connectivity index (χ2v) is 7.45. The molecule has 2 N–H and O–H groups in total. The van der Waals surface area contributed by atoms with Crippen molar-refractivity contribution in [2.24, 2.45) is 0 Å². The number of nitrogens with one attached hydrogen (secondary N) is 1. The minimum atomic E-state index is -1.03. The average molecular weight is 458 g/mol. The lowest BCUT2D eigenvalue weighted by Crippen LogP contribution is -2.56. The van der Waals surface area contributed by atoms with Gasteiger partial charge in [0, 0.05) is 13.1 Å². The summed E-state index contributed by atoms with van der Waals surface area (Å²) in [4.78, 5) is 37.1. The van der Waals surface area contributed by atoms with E-state index in [-0.39, 0.29) is 23.6 Å². The maximum absolute atomic E-state index is 13.0. The minimum absolute atomic E-state index is 0.0390. The van der Waals surface area contributed by atoms with E-state index in [0.29, 0.717) is 35.3 Å². The number of likely N-dealkylation sites (N-methyl/N-ethyl adjacent to an activating group) is 1. The molecule has 0 saturated heterocycles. The zero-order valence-electron chi connectivity index (χ0n) is 20.5. The van der Waals surface area contributed by atoms with E-state index in [1.54, 1.807) is 24.2 Å². The van der Waals surface area contributed by atoms with Gasteiger partial charge in [0.25, 0.3) is 0 Å². The Labute approximate surface area is 195 Å². The highest BCUT2D eigenvalue weighted by atomic mass is 16.5. The van der Waals surface area contributed by atoms with Crippen LogP contribution in [-0.4, -0.2) is 53.2 Å². The van der Waals surface area contributed by atoms with Gasteiger partial charge in [-0.25, -0.2) is 9.78 Å². The normalized spacial score (nSPS) is 15.0. The fourth-order valence-corrected chi connectivity index (χ4v) is 3.99. The van der Waals surface area contributed by atoms with Crippen molar-refractivity contribution in [3.8, 4) is 5.75 Å². The first-order valence-electron chi connectivity index (χ1n) is 11.5. The van der Waals surface area contributed by atoms with Crippen molar-refractivity contribution in [3.05, 3.63) is 30.0 Å².